The van der Waals surface area contributed by atoms with Crippen LogP contribution in [0.25, 0.3) is 0 Å². The van der Waals surface area contributed by atoms with E-state index in [2.05, 4.69) is 10.1 Å². The van der Waals surface area contributed by atoms with Gasteiger partial charge in [0.2, 0.25) is 5.89 Å². The lowest BCUT2D eigenvalue weighted by atomic mass is 10.2. The summed E-state index contributed by atoms with van der Waals surface area (Å²) < 4.78 is 10.1. The number of rotatable bonds is 5. The Morgan fingerprint density at radius 2 is 2.29 bits per heavy atom. The molecule has 80 valence electrons. The van der Waals surface area contributed by atoms with Gasteiger partial charge in [-0.25, -0.2) is 0 Å². The molecule has 0 aliphatic rings. The van der Waals surface area contributed by atoms with Gasteiger partial charge >= 0.3 is 0 Å². The third-order valence-electron chi connectivity index (χ3n) is 2.11. The van der Waals surface area contributed by atoms with E-state index in [9.17, 15) is 0 Å². The average Bonchev–Trinajstić information content (AvgIpc) is 2.65. The predicted molar refractivity (Wildman–Crippen MR) is 51.7 cm³/mol. The molecule has 0 saturated heterocycles. The molecule has 0 fully saturated rings. The van der Waals surface area contributed by atoms with E-state index in [4.69, 9.17) is 15.0 Å². The van der Waals surface area contributed by atoms with Crippen molar-refractivity contribution in [1.82, 2.24) is 10.1 Å². The van der Waals surface area contributed by atoms with Crippen LogP contribution in [0.2, 0.25) is 0 Å². The van der Waals surface area contributed by atoms with Crippen LogP contribution < -0.4 is 5.73 Å². The summed E-state index contributed by atoms with van der Waals surface area (Å²) in [5.41, 5.74) is 5.74. The molecule has 0 bridgehead atoms. The molecule has 5 nitrogen and oxygen atoms in total. The number of nitrogens with zero attached hydrogens (tertiary/aromatic N) is 2. The van der Waals surface area contributed by atoms with E-state index in [-0.39, 0.29) is 12.1 Å². The Morgan fingerprint density at radius 1 is 1.57 bits per heavy atom. The minimum absolute atomic E-state index is 0.0956. The van der Waals surface area contributed by atoms with Crippen molar-refractivity contribution in [2.75, 3.05) is 7.11 Å². The Kier molecular flexibility index (Phi) is 4.03. The Balaban J connectivity index is 2.59. The highest BCUT2D eigenvalue weighted by Gasteiger charge is 2.14. The fourth-order valence-electron chi connectivity index (χ4n) is 1.02. The number of ether oxygens (including phenoxy) is 1. The predicted octanol–water partition coefficient (Wildman–Crippen LogP) is 1.06. The van der Waals surface area contributed by atoms with Crippen LogP contribution in [-0.4, -0.2) is 23.4 Å². The molecule has 14 heavy (non-hydrogen) atoms. The standard InChI is InChI=1S/C9H17N3O2/c1-4-7(10)9-11-8(12-14-9)5-6(2)13-3/h6-7H,4-5,10H2,1-3H3. The zero-order valence-electron chi connectivity index (χ0n) is 8.86. The molecule has 0 radical (unpaired) electrons. The van der Waals surface area contributed by atoms with Crippen LogP contribution in [-0.2, 0) is 11.2 Å². The summed E-state index contributed by atoms with van der Waals surface area (Å²) in [6, 6.07) is -0.158. The van der Waals surface area contributed by atoms with Crippen LogP contribution in [0.4, 0.5) is 0 Å². The molecule has 0 spiro atoms. The van der Waals surface area contributed by atoms with Crippen LogP contribution in [0, 0.1) is 0 Å². The second-order valence-corrected chi connectivity index (χ2v) is 3.31. The average molecular weight is 199 g/mol. The third-order valence-corrected chi connectivity index (χ3v) is 2.11. The van der Waals surface area contributed by atoms with Crippen LogP contribution in [0.15, 0.2) is 4.52 Å². The lowest BCUT2D eigenvalue weighted by Gasteiger charge is -2.04. The molecule has 2 atom stereocenters. The first-order chi connectivity index (χ1) is 6.67. The van der Waals surface area contributed by atoms with Gasteiger partial charge in [0.25, 0.3) is 0 Å². The number of methoxy groups -OCH3 is 1. The minimum Gasteiger partial charge on any atom is -0.381 e. The van der Waals surface area contributed by atoms with Crippen molar-refractivity contribution in [3.05, 3.63) is 11.7 Å². The molecule has 2 N–H and O–H groups in total. The number of hydrogen-bond donors (Lipinski definition) is 1. The van der Waals surface area contributed by atoms with Crippen molar-refractivity contribution < 1.29 is 9.26 Å². The van der Waals surface area contributed by atoms with E-state index in [1.807, 2.05) is 13.8 Å². The molecule has 0 amide bonds. The quantitative estimate of drug-likeness (QED) is 0.767. The molecule has 1 aromatic rings. The SMILES string of the molecule is CCC(N)c1nc(CC(C)OC)no1. The van der Waals surface area contributed by atoms with E-state index < -0.39 is 0 Å². The molecule has 1 heterocycles. The molecule has 0 aromatic carbocycles. The Morgan fingerprint density at radius 3 is 2.86 bits per heavy atom. The van der Waals surface area contributed by atoms with Crippen molar-refractivity contribution in [2.24, 2.45) is 5.73 Å². The topological polar surface area (TPSA) is 74.2 Å². The summed E-state index contributed by atoms with van der Waals surface area (Å²) in [4.78, 5) is 4.19. The van der Waals surface area contributed by atoms with Gasteiger partial charge in [-0.3, -0.25) is 0 Å². The van der Waals surface area contributed by atoms with Crippen LogP contribution in [0.3, 0.4) is 0 Å². The highest BCUT2D eigenvalue weighted by molar-refractivity contribution is 4.92. The summed E-state index contributed by atoms with van der Waals surface area (Å²) in [6.07, 6.45) is 1.54. The number of aromatic nitrogens is 2. The molecular weight excluding hydrogens is 182 g/mol. The fraction of sp³-hybridized carbons (Fsp3) is 0.778. The molecule has 5 heteroatoms. The minimum atomic E-state index is -0.158. The van der Waals surface area contributed by atoms with Crippen LogP contribution in [0.5, 0.6) is 0 Å². The fourth-order valence-corrected chi connectivity index (χ4v) is 1.02. The zero-order chi connectivity index (χ0) is 10.6. The van der Waals surface area contributed by atoms with Crippen LogP contribution >= 0.6 is 0 Å². The summed E-state index contributed by atoms with van der Waals surface area (Å²) in [5.74, 6) is 1.16. The van der Waals surface area contributed by atoms with E-state index in [0.717, 1.165) is 6.42 Å². The first-order valence-electron chi connectivity index (χ1n) is 4.78. The maximum absolute atomic E-state index is 5.74. The highest BCUT2D eigenvalue weighted by atomic mass is 16.5. The summed E-state index contributed by atoms with van der Waals surface area (Å²) >= 11 is 0. The van der Waals surface area contributed by atoms with Gasteiger partial charge in [0.1, 0.15) is 0 Å². The maximum Gasteiger partial charge on any atom is 0.243 e. The maximum atomic E-state index is 5.74. The van der Waals surface area contributed by atoms with Gasteiger partial charge < -0.3 is 15.0 Å². The lowest BCUT2D eigenvalue weighted by molar-refractivity contribution is 0.116. The van der Waals surface area contributed by atoms with Crippen molar-refractivity contribution in [1.29, 1.82) is 0 Å². The molecule has 2 unspecified atom stereocenters. The Labute approximate surface area is 83.6 Å². The first kappa shape index (κ1) is 11.1. The molecule has 0 aliphatic carbocycles. The zero-order valence-corrected chi connectivity index (χ0v) is 8.86. The third kappa shape index (κ3) is 2.78. The van der Waals surface area contributed by atoms with Gasteiger partial charge in [-0.05, 0) is 13.3 Å². The number of nitrogens with two attached hydrogens (primary N) is 1. The monoisotopic (exact) mass is 199 g/mol. The second kappa shape index (κ2) is 5.07. The molecular formula is C9H17N3O2. The van der Waals surface area contributed by atoms with Crippen molar-refractivity contribution in [3.8, 4) is 0 Å². The van der Waals surface area contributed by atoms with E-state index >= 15 is 0 Å². The van der Waals surface area contributed by atoms with E-state index in [1.54, 1.807) is 7.11 Å². The highest BCUT2D eigenvalue weighted by Crippen LogP contribution is 2.11. The van der Waals surface area contributed by atoms with Gasteiger partial charge in [-0.15, -0.1) is 0 Å². The van der Waals surface area contributed by atoms with Crippen molar-refractivity contribution in [3.63, 3.8) is 0 Å². The Hall–Kier alpha value is -0.940. The van der Waals surface area contributed by atoms with E-state index in [0.29, 0.717) is 18.1 Å². The van der Waals surface area contributed by atoms with Crippen LogP contribution in [0.1, 0.15) is 38.0 Å². The number of hydrogen-bond acceptors (Lipinski definition) is 5. The van der Waals surface area contributed by atoms with Gasteiger partial charge in [0.05, 0.1) is 12.1 Å². The van der Waals surface area contributed by atoms with Crippen molar-refractivity contribution in [2.45, 2.75) is 38.8 Å². The smallest absolute Gasteiger partial charge is 0.243 e. The van der Waals surface area contributed by atoms with Gasteiger partial charge in [-0.2, -0.15) is 4.98 Å². The Bertz CT molecular complexity index is 275. The second-order valence-electron chi connectivity index (χ2n) is 3.31. The summed E-state index contributed by atoms with van der Waals surface area (Å²) in [6.45, 7) is 3.93. The summed E-state index contributed by atoms with van der Waals surface area (Å²) in [7, 11) is 1.66. The van der Waals surface area contributed by atoms with Gasteiger partial charge in [-0.1, -0.05) is 12.1 Å². The first-order valence-corrected chi connectivity index (χ1v) is 4.78. The summed E-state index contributed by atoms with van der Waals surface area (Å²) in [5, 5.41) is 3.83. The molecule has 1 rings (SSSR count). The van der Waals surface area contributed by atoms with Crippen molar-refractivity contribution >= 4 is 0 Å². The molecule has 0 aliphatic heterocycles. The molecule has 1 aromatic heterocycles. The molecule has 0 saturated carbocycles. The normalized spacial score (nSPS) is 15.4. The van der Waals surface area contributed by atoms with Gasteiger partial charge in [0, 0.05) is 13.5 Å². The van der Waals surface area contributed by atoms with Gasteiger partial charge in [0.15, 0.2) is 5.82 Å². The van der Waals surface area contributed by atoms with E-state index in [1.165, 1.54) is 0 Å². The lowest BCUT2D eigenvalue weighted by Crippen LogP contribution is -2.11. The largest absolute Gasteiger partial charge is 0.381 e.